The molecule has 5 aromatic rings. The van der Waals surface area contributed by atoms with Crippen LogP contribution in [0.2, 0.25) is 0 Å². The van der Waals surface area contributed by atoms with Crippen molar-refractivity contribution >= 4 is 40.4 Å². The highest BCUT2D eigenvalue weighted by atomic mass is 16.5. The molecule has 15 nitrogen and oxygen atoms in total. The second-order valence-corrected chi connectivity index (χ2v) is 13.2. The number of nitrogens with one attached hydrogen (secondary N) is 3. The van der Waals surface area contributed by atoms with E-state index in [0.29, 0.717) is 56.2 Å². The Morgan fingerprint density at radius 1 is 0.842 bits per heavy atom. The summed E-state index contributed by atoms with van der Waals surface area (Å²) in [6.45, 7) is 4.87. The van der Waals surface area contributed by atoms with E-state index in [1.807, 2.05) is 55.5 Å². The van der Waals surface area contributed by atoms with E-state index in [1.54, 1.807) is 29.2 Å². The van der Waals surface area contributed by atoms with Crippen LogP contribution < -0.4 is 31.7 Å². The van der Waals surface area contributed by atoms with Crippen LogP contribution in [0.5, 0.6) is 6.01 Å². The maximum absolute atomic E-state index is 13.3. The number of nitrogen functional groups attached to an aromatic ring is 1. The van der Waals surface area contributed by atoms with Gasteiger partial charge in [0.25, 0.3) is 5.91 Å². The zero-order valence-electron chi connectivity index (χ0n) is 31.8. The van der Waals surface area contributed by atoms with Crippen LogP contribution in [0.3, 0.4) is 0 Å². The number of H-pyrrole nitrogens is 1. The number of amides is 3. The molecule has 0 saturated heterocycles. The lowest BCUT2D eigenvalue weighted by atomic mass is 10.0. The summed E-state index contributed by atoms with van der Waals surface area (Å²) in [6.07, 6.45) is 1.90. The molecule has 15 heteroatoms. The van der Waals surface area contributed by atoms with Gasteiger partial charge >= 0.3 is 11.7 Å². The summed E-state index contributed by atoms with van der Waals surface area (Å²) in [5.74, 6) is 5.87. The molecule has 0 aliphatic carbocycles. The van der Waals surface area contributed by atoms with E-state index < -0.39 is 0 Å². The number of unbranched alkanes of at least 4 members (excludes halogenated alkanes) is 1. The molecule has 5 N–H and O–H groups in total. The van der Waals surface area contributed by atoms with E-state index in [0.717, 1.165) is 40.8 Å². The Bertz CT molecular complexity index is 2310. The molecule has 3 amide bonds. The molecule has 1 aliphatic heterocycles. The summed E-state index contributed by atoms with van der Waals surface area (Å²) in [7, 11) is 0. The molecule has 0 atom stereocenters. The van der Waals surface area contributed by atoms with Gasteiger partial charge < -0.3 is 40.5 Å². The minimum atomic E-state index is -0.384. The Balaban J connectivity index is 0.839. The third-order valence-electron chi connectivity index (χ3n) is 9.13. The Morgan fingerprint density at radius 2 is 1.54 bits per heavy atom. The van der Waals surface area contributed by atoms with E-state index in [2.05, 4.69) is 37.4 Å². The molecule has 0 radical (unpaired) electrons. The lowest BCUT2D eigenvalue weighted by Gasteiger charge is -2.26. The standard InChI is InChI=1S/C42H46N8O7/c1-2-3-22-57-41-47-38(43)37-39(48-41)50(42(54)46-37)27-29-12-14-32(15-13-29)40(53)45-21-24-56-26-25-55-23-20-44-35(51)18-19-36(52)49-28-33-10-5-4-8-30(33)16-17-31-9-6-7-11-34(31)49/h4-15H,2-3,18-28H2,1H3,(H,44,51)(H,45,53)(H,46,54)(H2,43,47,48). The Hall–Kier alpha value is -6.50. The lowest BCUT2D eigenvalue weighted by Crippen LogP contribution is -2.34. The van der Waals surface area contributed by atoms with Gasteiger partial charge in [-0.1, -0.05) is 67.6 Å². The number of aromatic nitrogens is 4. The van der Waals surface area contributed by atoms with Crippen molar-refractivity contribution in [3.8, 4) is 17.9 Å². The number of hydrogen-bond acceptors (Lipinski definition) is 10. The minimum absolute atomic E-state index is 0.0537. The summed E-state index contributed by atoms with van der Waals surface area (Å²) < 4.78 is 18.2. The number of fused-ring (bicyclic) bond motifs is 3. The first kappa shape index (κ1) is 40.2. The van der Waals surface area contributed by atoms with E-state index >= 15 is 0 Å². The third-order valence-corrected chi connectivity index (χ3v) is 9.13. The first-order chi connectivity index (χ1) is 27.8. The average molecular weight is 775 g/mol. The minimum Gasteiger partial charge on any atom is -0.463 e. The van der Waals surface area contributed by atoms with Gasteiger partial charge in [-0.15, -0.1) is 0 Å². The molecule has 3 heterocycles. The van der Waals surface area contributed by atoms with Gasteiger partial charge in [-0.2, -0.15) is 9.97 Å². The number of imidazole rings is 1. The van der Waals surface area contributed by atoms with Crippen molar-refractivity contribution < 1.29 is 28.6 Å². The van der Waals surface area contributed by atoms with Gasteiger partial charge in [0.05, 0.1) is 51.8 Å². The second kappa shape index (κ2) is 19.9. The van der Waals surface area contributed by atoms with Gasteiger partial charge in [0.15, 0.2) is 11.5 Å². The predicted molar refractivity (Wildman–Crippen MR) is 215 cm³/mol. The number of anilines is 2. The number of rotatable bonds is 19. The normalized spacial score (nSPS) is 11.8. The summed E-state index contributed by atoms with van der Waals surface area (Å²) in [6, 6.07) is 22.3. The molecule has 57 heavy (non-hydrogen) atoms. The van der Waals surface area contributed by atoms with Crippen LogP contribution in [0.1, 0.15) is 65.2 Å². The third kappa shape index (κ3) is 10.8. The first-order valence-electron chi connectivity index (χ1n) is 19.0. The summed E-state index contributed by atoms with van der Waals surface area (Å²) in [5.41, 5.74) is 10.9. The molecule has 6 rings (SSSR count). The molecule has 0 saturated carbocycles. The highest BCUT2D eigenvalue weighted by Crippen LogP contribution is 2.26. The highest BCUT2D eigenvalue weighted by Gasteiger charge is 2.22. The first-order valence-corrected chi connectivity index (χ1v) is 19.0. The molecular weight excluding hydrogens is 729 g/mol. The molecule has 3 aromatic carbocycles. The second-order valence-electron chi connectivity index (χ2n) is 13.2. The van der Waals surface area contributed by atoms with E-state index in [4.69, 9.17) is 19.9 Å². The van der Waals surface area contributed by atoms with Crippen molar-refractivity contribution in [3.05, 3.63) is 111 Å². The van der Waals surface area contributed by atoms with E-state index in [9.17, 15) is 19.2 Å². The smallest absolute Gasteiger partial charge is 0.328 e. The molecule has 1 aliphatic rings. The Morgan fingerprint density at radius 3 is 2.32 bits per heavy atom. The van der Waals surface area contributed by atoms with Gasteiger partial charge in [-0.25, -0.2) is 4.79 Å². The highest BCUT2D eigenvalue weighted by molar-refractivity contribution is 5.97. The van der Waals surface area contributed by atoms with Crippen LogP contribution in [0.25, 0.3) is 11.2 Å². The number of ether oxygens (including phenoxy) is 3. The van der Waals surface area contributed by atoms with Crippen molar-refractivity contribution in [2.24, 2.45) is 0 Å². The maximum atomic E-state index is 13.3. The van der Waals surface area contributed by atoms with Crippen LogP contribution in [0, 0.1) is 11.8 Å². The topological polar surface area (TPSA) is 196 Å². The average Bonchev–Trinajstić information content (AvgIpc) is 3.53. The maximum Gasteiger partial charge on any atom is 0.328 e. The number of nitrogens with zero attached hydrogens (tertiary/aromatic N) is 4. The van der Waals surface area contributed by atoms with Crippen LogP contribution >= 0.6 is 0 Å². The lowest BCUT2D eigenvalue weighted by molar-refractivity contribution is -0.125. The van der Waals surface area contributed by atoms with Crippen LogP contribution in [-0.4, -0.2) is 83.4 Å². The zero-order valence-corrected chi connectivity index (χ0v) is 31.8. The fourth-order valence-corrected chi connectivity index (χ4v) is 6.07. The quantitative estimate of drug-likeness (QED) is 0.0712. The SMILES string of the molecule is CCCCOc1nc(N)c2[nH]c(=O)n(Cc3ccc(C(=O)NCCOCCOCCNC(=O)CCC(=O)N4Cc5ccccc5C#Cc5ccccc54)cc3)c2n1. The number of hydrogen-bond donors (Lipinski definition) is 4. The van der Waals surface area contributed by atoms with Gasteiger partial charge in [-0.05, 0) is 47.9 Å². The van der Waals surface area contributed by atoms with Crippen molar-refractivity contribution in [2.45, 2.75) is 45.7 Å². The van der Waals surface area contributed by atoms with Gasteiger partial charge in [0.1, 0.15) is 5.52 Å². The van der Waals surface area contributed by atoms with Crippen LogP contribution in [0.15, 0.2) is 77.6 Å². The van der Waals surface area contributed by atoms with Gasteiger partial charge in [0, 0.05) is 42.6 Å². The zero-order chi connectivity index (χ0) is 40.0. The molecule has 296 valence electrons. The van der Waals surface area contributed by atoms with Crippen molar-refractivity contribution in [3.63, 3.8) is 0 Å². The predicted octanol–water partition coefficient (Wildman–Crippen LogP) is 3.54. The number of nitrogens with two attached hydrogens (primary N) is 1. The number of para-hydroxylation sites is 1. The number of benzene rings is 3. The Kier molecular flexibility index (Phi) is 14.0. The van der Waals surface area contributed by atoms with Crippen LogP contribution in [-0.2, 0) is 32.2 Å². The van der Waals surface area contributed by atoms with Crippen molar-refractivity contribution in [1.82, 2.24) is 30.2 Å². The molecule has 0 spiro atoms. The molecule has 0 bridgehead atoms. The largest absolute Gasteiger partial charge is 0.463 e. The monoisotopic (exact) mass is 774 g/mol. The summed E-state index contributed by atoms with van der Waals surface area (Å²) >= 11 is 0. The van der Waals surface area contributed by atoms with Crippen molar-refractivity contribution in [1.29, 1.82) is 0 Å². The molecule has 2 aromatic heterocycles. The number of carbonyl (C=O) groups excluding carboxylic acids is 3. The molecule has 0 fully saturated rings. The Labute approximate surface area is 329 Å². The fourth-order valence-electron chi connectivity index (χ4n) is 6.07. The van der Waals surface area contributed by atoms with Crippen molar-refractivity contribution in [2.75, 3.05) is 56.8 Å². The van der Waals surface area contributed by atoms with Crippen LogP contribution in [0.4, 0.5) is 11.5 Å². The van der Waals surface area contributed by atoms with E-state index in [1.165, 1.54) is 4.57 Å². The van der Waals surface area contributed by atoms with E-state index in [-0.39, 0.29) is 67.8 Å². The number of aromatic amines is 1. The summed E-state index contributed by atoms with van der Waals surface area (Å²) in [5, 5.41) is 5.62. The van der Waals surface area contributed by atoms with Gasteiger partial charge in [0.2, 0.25) is 11.8 Å². The van der Waals surface area contributed by atoms with Gasteiger partial charge in [-0.3, -0.25) is 19.0 Å². The number of carbonyl (C=O) groups is 3. The molecular formula is C42H46N8O7. The fraction of sp³-hybridized carbons (Fsp3) is 0.333. The summed E-state index contributed by atoms with van der Waals surface area (Å²) in [4.78, 5) is 64.2. The molecule has 0 unspecified atom stereocenters.